The molecular weight excluding hydrogens is 559 g/mol. The van der Waals surface area contributed by atoms with Crippen LogP contribution in [0.25, 0.3) is 6.08 Å². The van der Waals surface area contributed by atoms with E-state index in [9.17, 15) is 4.79 Å². The molecule has 3 rings (SSSR count). The van der Waals surface area contributed by atoms with Crippen LogP contribution in [0.4, 0.5) is 0 Å². The van der Waals surface area contributed by atoms with Crippen LogP contribution in [0, 0.1) is 12.1 Å². The first kappa shape index (κ1) is 55.0. The van der Waals surface area contributed by atoms with Gasteiger partial charge in [0.25, 0.3) is 0 Å². The van der Waals surface area contributed by atoms with E-state index in [2.05, 4.69) is 18.7 Å². The summed E-state index contributed by atoms with van der Waals surface area (Å²) >= 11 is 0. The Bertz CT molecular complexity index is 455. The molecule has 4 nitrogen and oxygen atoms in total. The zero-order valence-electron chi connectivity index (χ0n) is 23.0. The molecular formula is C27H46O4Rb2-2. The van der Waals surface area contributed by atoms with E-state index in [0.29, 0.717) is 5.56 Å². The fraction of sp³-hybridized carbons (Fsp3) is 0.444. The van der Waals surface area contributed by atoms with E-state index in [-0.39, 0.29) is 127 Å². The fourth-order valence-electron chi connectivity index (χ4n) is 1.53. The summed E-state index contributed by atoms with van der Waals surface area (Å²) in [6.07, 6.45) is 5.11. The molecule has 0 aliphatic carbocycles. The van der Waals surface area contributed by atoms with E-state index in [4.69, 9.17) is 4.74 Å². The topological polar surface area (TPSA) is 86.3 Å². The van der Waals surface area contributed by atoms with Crippen LogP contribution in [0.15, 0.2) is 55.1 Å². The molecule has 0 amide bonds. The Hall–Kier alpha value is 1.34. The summed E-state index contributed by atoms with van der Waals surface area (Å²) in [5.74, 6) is 0. The van der Waals surface area contributed by atoms with Gasteiger partial charge in [0, 0.05) is 13.2 Å². The third kappa shape index (κ3) is 47.2. The molecule has 0 bridgehead atoms. The molecule has 0 atom stereocenters. The van der Waals surface area contributed by atoms with Gasteiger partial charge in [0.2, 0.25) is 0 Å². The maximum absolute atomic E-state index is 9.98. The van der Waals surface area contributed by atoms with Crippen LogP contribution in [0.3, 0.4) is 0 Å². The van der Waals surface area contributed by atoms with Gasteiger partial charge in [-0.15, -0.1) is 78.9 Å². The molecule has 0 spiro atoms. The quantitative estimate of drug-likeness (QED) is 0.387. The van der Waals surface area contributed by atoms with Gasteiger partial charge in [-0.3, -0.25) is 0 Å². The zero-order valence-corrected chi connectivity index (χ0v) is 32.9. The van der Waals surface area contributed by atoms with Crippen molar-refractivity contribution in [2.24, 2.45) is 0 Å². The second-order valence-corrected chi connectivity index (χ2v) is 4.28. The van der Waals surface area contributed by atoms with Gasteiger partial charge in [0.15, 0.2) is 0 Å². The predicted octanol–water partition coefficient (Wildman–Crippen LogP) is 1.99. The summed E-state index contributed by atoms with van der Waals surface area (Å²) in [6, 6.07) is 20.6. The van der Waals surface area contributed by atoms with Crippen LogP contribution >= 0.6 is 0 Å². The van der Waals surface area contributed by atoms with Crippen molar-refractivity contribution in [1.82, 2.24) is 0 Å². The Kier molecular flexibility index (Phi) is 98.1. The Morgan fingerprint density at radius 1 is 0.727 bits per heavy atom. The number of carbonyl (C=O) groups excluding carboxylic acids is 1. The molecule has 2 N–H and O–H groups in total. The van der Waals surface area contributed by atoms with E-state index in [1.807, 2.05) is 85.7 Å². The number of hydrogen-bond acceptors (Lipinski definition) is 4. The molecule has 2 aromatic carbocycles. The van der Waals surface area contributed by atoms with E-state index >= 15 is 0 Å². The van der Waals surface area contributed by atoms with Crippen molar-refractivity contribution in [2.45, 2.75) is 68.2 Å². The second-order valence-electron chi connectivity index (χ2n) is 4.28. The largest absolute Gasteiger partial charge is 1.00 e. The van der Waals surface area contributed by atoms with Gasteiger partial charge < -0.3 is 20.5 Å². The van der Waals surface area contributed by atoms with Gasteiger partial charge in [-0.05, 0) is 12.8 Å². The molecule has 33 heavy (non-hydrogen) atoms. The first-order chi connectivity index (χ1) is 14.4. The number of benzene rings is 2. The minimum atomic E-state index is 0. The SMILES string of the molecule is C1CCOC1.C=Cc1[c-]cccc1.CC.CC.CC.CC.O=Cc1[c-]cccc1.[OH-].[OH-].[Rb+].[Rb+]. The van der Waals surface area contributed by atoms with Crippen molar-refractivity contribution < 1.29 is 137 Å². The average molecular weight is 606 g/mol. The van der Waals surface area contributed by atoms with Crippen molar-refractivity contribution in [1.29, 1.82) is 0 Å². The standard InChI is InChI=1S/C8H7.C7H5O.C4H8O.4C2H6.2H2O.2Rb/c1-2-8-6-4-3-5-7-8;8-6-7-4-2-1-3-5-7;1-2-4-5-3-1;4*1-2;;;;/h2-6H,1H2;1-4,6H;1-4H2;4*1-2H3;2*1H2;;/q2*-1;;;;;;;;2*+1/p-2. The Morgan fingerprint density at radius 2 is 1.09 bits per heavy atom. The van der Waals surface area contributed by atoms with Crippen LogP contribution in [0.1, 0.15) is 84.2 Å². The van der Waals surface area contributed by atoms with E-state index < -0.39 is 0 Å². The summed E-state index contributed by atoms with van der Waals surface area (Å²) in [5.41, 5.74) is 1.65. The zero-order chi connectivity index (χ0) is 23.2. The monoisotopic (exact) mass is 604 g/mol. The molecule has 2 aromatic rings. The van der Waals surface area contributed by atoms with Gasteiger partial charge in [-0.1, -0.05) is 55.4 Å². The van der Waals surface area contributed by atoms with Gasteiger partial charge in [-0.25, -0.2) is 0 Å². The van der Waals surface area contributed by atoms with Crippen molar-refractivity contribution in [3.63, 3.8) is 0 Å². The Balaban J connectivity index is -0.0000000395. The van der Waals surface area contributed by atoms with Crippen LogP contribution in [-0.2, 0) is 4.74 Å². The van der Waals surface area contributed by atoms with E-state index in [0.717, 1.165) is 25.1 Å². The van der Waals surface area contributed by atoms with Gasteiger partial charge in [0.05, 0.1) is 6.29 Å². The summed E-state index contributed by atoms with van der Waals surface area (Å²) < 4.78 is 4.94. The van der Waals surface area contributed by atoms with Crippen molar-refractivity contribution in [2.75, 3.05) is 13.2 Å². The predicted molar refractivity (Wildman–Crippen MR) is 135 cm³/mol. The molecule has 0 unspecified atom stereocenters. The van der Waals surface area contributed by atoms with Crippen LogP contribution in [-0.4, -0.2) is 30.5 Å². The second kappa shape index (κ2) is 58.9. The Labute approximate surface area is 303 Å². The third-order valence-electron chi connectivity index (χ3n) is 2.64. The van der Waals surface area contributed by atoms with Crippen molar-refractivity contribution >= 4 is 12.4 Å². The van der Waals surface area contributed by atoms with Crippen molar-refractivity contribution in [3.05, 3.63) is 78.4 Å². The van der Waals surface area contributed by atoms with E-state index in [1.165, 1.54) is 12.8 Å². The molecule has 0 radical (unpaired) electrons. The number of carbonyl (C=O) groups is 1. The number of hydrogen-bond donors (Lipinski definition) is 0. The normalized spacial score (nSPS) is 8.48. The van der Waals surface area contributed by atoms with Gasteiger partial charge in [0.1, 0.15) is 0 Å². The molecule has 1 aliphatic heterocycles. The number of ether oxygens (including phenoxy) is 1. The maximum Gasteiger partial charge on any atom is 1.00 e. The molecule has 1 saturated heterocycles. The molecule has 1 fully saturated rings. The number of rotatable bonds is 2. The first-order valence-corrected chi connectivity index (χ1v) is 11.0. The number of aldehydes is 1. The maximum atomic E-state index is 9.98. The average Bonchev–Trinajstić information content (AvgIpc) is 3.46. The molecule has 1 aliphatic rings. The summed E-state index contributed by atoms with van der Waals surface area (Å²) in [4.78, 5) is 9.98. The van der Waals surface area contributed by atoms with Crippen LogP contribution in [0.5, 0.6) is 0 Å². The minimum Gasteiger partial charge on any atom is -0.870 e. The van der Waals surface area contributed by atoms with Crippen molar-refractivity contribution in [3.8, 4) is 0 Å². The van der Waals surface area contributed by atoms with Crippen LogP contribution < -0.4 is 116 Å². The fourth-order valence-corrected chi connectivity index (χ4v) is 1.53. The van der Waals surface area contributed by atoms with Gasteiger partial charge >= 0.3 is 116 Å². The summed E-state index contributed by atoms with van der Waals surface area (Å²) in [7, 11) is 0. The van der Waals surface area contributed by atoms with E-state index in [1.54, 1.807) is 24.3 Å². The first-order valence-electron chi connectivity index (χ1n) is 11.0. The van der Waals surface area contributed by atoms with Gasteiger partial charge in [-0.2, -0.15) is 5.56 Å². The molecule has 6 heteroatoms. The summed E-state index contributed by atoms with van der Waals surface area (Å²) in [6.45, 7) is 21.6. The molecule has 182 valence electrons. The van der Waals surface area contributed by atoms with Crippen LogP contribution in [0.2, 0.25) is 0 Å². The molecule has 1 heterocycles. The molecule has 0 aromatic heterocycles. The smallest absolute Gasteiger partial charge is 0.870 e. The molecule has 0 saturated carbocycles. The third-order valence-corrected chi connectivity index (χ3v) is 2.64. The summed E-state index contributed by atoms with van der Waals surface area (Å²) in [5, 5.41) is 0. The Morgan fingerprint density at radius 3 is 1.24 bits per heavy atom. The minimum absolute atomic E-state index is 0.